The first-order valence-electron chi connectivity index (χ1n) is 8.39. The van der Waals surface area contributed by atoms with E-state index in [1.165, 1.54) is 0 Å². The fourth-order valence-electron chi connectivity index (χ4n) is 2.59. The third-order valence-electron chi connectivity index (χ3n) is 3.88. The van der Waals surface area contributed by atoms with Crippen molar-refractivity contribution in [3.8, 4) is 0 Å². The Labute approximate surface area is 147 Å². The first-order valence-corrected chi connectivity index (χ1v) is 8.39. The Morgan fingerprint density at radius 3 is 2.44 bits per heavy atom. The van der Waals surface area contributed by atoms with Crippen LogP contribution < -0.4 is 5.32 Å². The van der Waals surface area contributed by atoms with E-state index >= 15 is 0 Å². The lowest BCUT2D eigenvalue weighted by atomic mass is 10.0. The first-order chi connectivity index (χ1) is 12.3. The van der Waals surface area contributed by atoms with E-state index in [9.17, 15) is 4.79 Å². The van der Waals surface area contributed by atoms with E-state index in [1.807, 2.05) is 77.5 Å². The van der Waals surface area contributed by atoms with Gasteiger partial charge in [0.1, 0.15) is 0 Å². The number of hydrogen-bond donors (Lipinski definition) is 1. The van der Waals surface area contributed by atoms with E-state index in [0.29, 0.717) is 12.1 Å². The highest BCUT2D eigenvalue weighted by molar-refractivity contribution is 6.24. The molecule has 0 bridgehead atoms. The van der Waals surface area contributed by atoms with Gasteiger partial charge in [-0.25, -0.2) is 4.98 Å². The third-order valence-corrected chi connectivity index (χ3v) is 3.88. The predicted octanol–water partition coefficient (Wildman–Crippen LogP) is 3.63. The van der Waals surface area contributed by atoms with E-state index < -0.39 is 0 Å². The lowest BCUT2D eigenvalue weighted by molar-refractivity contribution is -0.115. The van der Waals surface area contributed by atoms with E-state index in [2.05, 4.69) is 10.3 Å². The van der Waals surface area contributed by atoms with Crippen LogP contribution in [-0.4, -0.2) is 22.0 Å². The van der Waals surface area contributed by atoms with Crippen LogP contribution in [0.4, 0.5) is 0 Å². The Morgan fingerprint density at radius 2 is 1.76 bits per heavy atom. The number of aromatic nitrogens is 2. The number of amides is 1. The number of nitrogens with one attached hydrogen (secondary N) is 1. The zero-order chi connectivity index (χ0) is 17.3. The smallest absolute Gasteiger partial charge is 0.251 e. The van der Waals surface area contributed by atoms with Crippen molar-refractivity contribution in [1.82, 2.24) is 14.9 Å². The van der Waals surface area contributed by atoms with Crippen molar-refractivity contribution in [3.05, 3.63) is 90.5 Å². The molecule has 4 nitrogen and oxygen atoms in total. The molecular formula is C21H21N3O. The molecule has 0 aliphatic rings. The fourth-order valence-corrected chi connectivity index (χ4v) is 2.59. The van der Waals surface area contributed by atoms with Crippen molar-refractivity contribution in [2.24, 2.45) is 0 Å². The molecule has 4 heteroatoms. The summed E-state index contributed by atoms with van der Waals surface area (Å²) in [7, 11) is 0. The molecule has 0 aliphatic carbocycles. The highest BCUT2D eigenvalue weighted by atomic mass is 16.1. The van der Waals surface area contributed by atoms with Crippen molar-refractivity contribution in [2.75, 3.05) is 6.54 Å². The average molecular weight is 331 g/mol. The number of carbonyl (C=O) groups excluding carboxylic acids is 1. The number of nitrogens with zero attached hydrogens (tertiary/aromatic N) is 2. The molecule has 0 atom stereocenters. The fraction of sp³-hybridized carbons (Fsp3) is 0.143. The Hall–Kier alpha value is -3.14. The Kier molecular flexibility index (Phi) is 5.77. The summed E-state index contributed by atoms with van der Waals surface area (Å²) in [6.45, 7) is 1.46. The Bertz CT molecular complexity index is 809. The second-order valence-electron chi connectivity index (χ2n) is 5.74. The summed E-state index contributed by atoms with van der Waals surface area (Å²) < 4.78 is 2.00. The Morgan fingerprint density at radius 1 is 1.04 bits per heavy atom. The van der Waals surface area contributed by atoms with Gasteiger partial charge < -0.3 is 9.88 Å². The van der Waals surface area contributed by atoms with Gasteiger partial charge in [0, 0.05) is 31.1 Å². The summed E-state index contributed by atoms with van der Waals surface area (Å²) in [4.78, 5) is 16.7. The average Bonchev–Trinajstić information content (AvgIpc) is 3.18. The highest BCUT2D eigenvalue weighted by Gasteiger charge is 2.11. The number of carbonyl (C=O) groups is 1. The van der Waals surface area contributed by atoms with Crippen molar-refractivity contribution in [1.29, 1.82) is 0 Å². The molecule has 1 aromatic heterocycles. The number of rotatable bonds is 7. The SMILES string of the molecule is O=C(NCCCn1ccnc1)/C(=C\c1ccccc1)c1ccccc1. The van der Waals surface area contributed by atoms with Crippen LogP contribution in [0.25, 0.3) is 11.6 Å². The molecule has 3 rings (SSSR count). The number of hydrogen-bond acceptors (Lipinski definition) is 2. The van der Waals surface area contributed by atoms with Gasteiger partial charge in [0.2, 0.25) is 0 Å². The van der Waals surface area contributed by atoms with Crippen LogP contribution in [0.15, 0.2) is 79.4 Å². The number of benzene rings is 2. The largest absolute Gasteiger partial charge is 0.352 e. The van der Waals surface area contributed by atoms with Gasteiger partial charge in [0.25, 0.3) is 5.91 Å². The van der Waals surface area contributed by atoms with Crippen molar-refractivity contribution in [3.63, 3.8) is 0 Å². The minimum absolute atomic E-state index is 0.0549. The highest BCUT2D eigenvalue weighted by Crippen LogP contribution is 2.18. The predicted molar refractivity (Wildman–Crippen MR) is 101 cm³/mol. The standard InChI is InChI=1S/C21H21N3O/c25-21(23-12-7-14-24-15-13-22-17-24)20(19-10-5-2-6-11-19)16-18-8-3-1-4-9-18/h1-6,8-11,13,15-17H,7,12,14H2,(H,23,25)/b20-16-. The van der Waals surface area contributed by atoms with Gasteiger partial charge >= 0.3 is 0 Å². The second-order valence-corrected chi connectivity index (χ2v) is 5.74. The maximum absolute atomic E-state index is 12.7. The molecule has 0 unspecified atom stereocenters. The third kappa shape index (κ3) is 4.91. The lowest BCUT2D eigenvalue weighted by Gasteiger charge is -2.10. The van der Waals surface area contributed by atoms with E-state index in [4.69, 9.17) is 0 Å². The topological polar surface area (TPSA) is 46.9 Å². The quantitative estimate of drug-likeness (QED) is 0.408. The first kappa shape index (κ1) is 16.7. The molecule has 2 aromatic carbocycles. The molecule has 0 aliphatic heterocycles. The van der Waals surface area contributed by atoms with Crippen LogP contribution in [0.3, 0.4) is 0 Å². The summed E-state index contributed by atoms with van der Waals surface area (Å²) in [5, 5.41) is 3.02. The van der Waals surface area contributed by atoms with Crippen LogP contribution in [-0.2, 0) is 11.3 Å². The summed E-state index contributed by atoms with van der Waals surface area (Å²) in [6, 6.07) is 19.7. The zero-order valence-corrected chi connectivity index (χ0v) is 14.0. The summed E-state index contributed by atoms with van der Waals surface area (Å²) >= 11 is 0. The van der Waals surface area contributed by atoms with E-state index in [-0.39, 0.29) is 5.91 Å². The summed E-state index contributed by atoms with van der Waals surface area (Å²) in [6.07, 6.45) is 8.25. The van der Waals surface area contributed by atoms with Crippen LogP contribution in [0, 0.1) is 0 Å². The minimum atomic E-state index is -0.0549. The normalized spacial score (nSPS) is 11.3. The zero-order valence-electron chi connectivity index (χ0n) is 14.0. The monoisotopic (exact) mass is 331 g/mol. The van der Waals surface area contributed by atoms with Gasteiger partial charge in [0.15, 0.2) is 0 Å². The van der Waals surface area contributed by atoms with Gasteiger partial charge in [-0.05, 0) is 23.6 Å². The molecule has 0 radical (unpaired) electrons. The van der Waals surface area contributed by atoms with Gasteiger partial charge in [0.05, 0.1) is 6.33 Å². The van der Waals surface area contributed by atoms with Gasteiger partial charge in [-0.1, -0.05) is 60.7 Å². The maximum Gasteiger partial charge on any atom is 0.251 e. The van der Waals surface area contributed by atoms with Crippen molar-refractivity contribution < 1.29 is 4.79 Å². The Balaban J connectivity index is 1.68. The molecule has 1 N–H and O–H groups in total. The van der Waals surface area contributed by atoms with E-state index in [1.54, 1.807) is 12.5 Å². The summed E-state index contributed by atoms with van der Waals surface area (Å²) in [5.74, 6) is -0.0549. The molecule has 1 heterocycles. The molecule has 3 aromatic rings. The number of imidazole rings is 1. The molecule has 0 saturated carbocycles. The molecule has 0 spiro atoms. The van der Waals surface area contributed by atoms with E-state index in [0.717, 1.165) is 24.1 Å². The minimum Gasteiger partial charge on any atom is -0.352 e. The van der Waals surface area contributed by atoms with Crippen LogP contribution >= 0.6 is 0 Å². The van der Waals surface area contributed by atoms with Gasteiger partial charge in [-0.2, -0.15) is 0 Å². The van der Waals surface area contributed by atoms with Crippen LogP contribution in [0.1, 0.15) is 17.5 Å². The molecule has 25 heavy (non-hydrogen) atoms. The molecule has 0 fully saturated rings. The molecule has 0 saturated heterocycles. The van der Waals surface area contributed by atoms with Crippen molar-refractivity contribution >= 4 is 17.6 Å². The lowest BCUT2D eigenvalue weighted by Crippen LogP contribution is -2.26. The molecular weight excluding hydrogens is 310 g/mol. The maximum atomic E-state index is 12.7. The van der Waals surface area contributed by atoms with Gasteiger partial charge in [-0.3, -0.25) is 4.79 Å². The number of aryl methyl sites for hydroxylation is 1. The molecule has 126 valence electrons. The summed E-state index contributed by atoms with van der Waals surface area (Å²) in [5.41, 5.74) is 2.60. The van der Waals surface area contributed by atoms with Crippen LogP contribution in [0.2, 0.25) is 0 Å². The van der Waals surface area contributed by atoms with Crippen molar-refractivity contribution in [2.45, 2.75) is 13.0 Å². The van der Waals surface area contributed by atoms with Gasteiger partial charge in [-0.15, -0.1) is 0 Å². The van der Waals surface area contributed by atoms with Crippen LogP contribution in [0.5, 0.6) is 0 Å². The second kappa shape index (κ2) is 8.64. The molecule has 1 amide bonds.